The minimum absolute atomic E-state index is 0.0696. The van der Waals surface area contributed by atoms with Crippen LogP contribution in [0.1, 0.15) is 41.3 Å². The van der Waals surface area contributed by atoms with Crippen LogP contribution in [0.25, 0.3) is 0 Å². The fourth-order valence-corrected chi connectivity index (χ4v) is 2.32. The largest absolute Gasteiger partial charge is 0.339 e. The molecule has 1 atom stereocenters. The normalized spacial score (nSPS) is 15.2. The van der Waals surface area contributed by atoms with Crippen molar-refractivity contribution < 1.29 is 4.79 Å². The molecule has 2 N–H and O–H groups in total. The summed E-state index contributed by atoms with van der Waals surface area (Å²) in [7, 11) is 1.89. The summed E-state index contributed by atoms with van der Waals surface area (Å²) in [5.41, 5.74) is 8.06. The van der Waals surface area contributed by atoms with Crippen molar-refractivity contribution >= 4 is 5.91 Å². The van der Waals surface area contributed by atoms with Gasteiger partial charge in [-0.1, -0.05) is 17.9 Å². The number of nitrogens with two attached hydrogens (primary N) is 1. The van der Waals surface area contributed by atoms with Crippen molar-refractivity contribution in [3.63, 3.8) is 0 Å². The van der Waals surface area contributed by atoms with E-state index in [1.165, 1.54) is 12.8 Å². The van der Waals surface area contributed by atoms with Gasteiger partial charge in [-0.2, -0.15) is 0 Å². The van der Waals surface area contributed by atoms with E-state index in [0.29, 0.717) is 24.1 Å². The maximum Gasteiger partial charge on any atom is 0.253 e. The van der Waals surface area contributed by atoms with Crippen LogP contribution in [0.3, 0.4) is 0 Å². The summed E-state index contributed by atoms with van der Waals surface area (Å²) in [5.74, 6) is 6.61. The molecule has 3 heteroatoms. The molecule has 0 radical (unpaired) electrons. The molecule has 106 valence electrons. The molecule has 20 heavy (non-hydrogen) atoms. The Morgan fingerprint density at radius 3 is 2.80 bits per heavy atom. The Morgan fingerprint density at radius 2 is 2.20 bits per heavy atom. The molecular formula is C17H22N2O. The molecule has 1 aliphatic carbocycles. The molecule has 0 spiro atoms. The molecule has 1 aromatic carbocycles. The lowest BCUT2D eigenvalue weighted by atomic mass is 10.0. The maximum absolute atomic E-state index is 12.5. The van der Waals surface area contributed by atoms with Gasteiger partial charge in [0, 0.05) is 24.2 Å². The van der Waals surface area contributed by atoms with Crippen LogP contribution in [0.15, 0.2) is 18.2 Å². The average molecular weight is 270 g/mol. The molecule has 2 rings (SSSR count). The lowest BCUT2D eigenvalue weighted by Gasteiger charge is -2.25. The Kier molecular flexibility index (Phi) is 4.46. The Balaban J connectivity index is 2.21. The highest BCUT2D eigenvalue weighted by atomic mass is 16.2. The summed E-state index contributed by atoms with van der Waals surface area (Å²) in [6.07, 6.45) is 2.47. The van der Waals surface area contributed by atoms with Crippen molar-refractivity contribution in [2.24, 2.45) is 11.7 Å². The second kappa shape index (κ2) is 6.11. The molecule has 1 unspecified atom stereocenters. The number of amides is 1. The molecule has 0 bridgehead atoms. The quantitative estimate of drug-likeness (QED) is 0.856. The van der Waals surface area contributed by atoms with E-state index in [2.05, 4.69) is 18.8 Å². The first-order valence-electron chi connectivity index (χ1n) is 7.11. The monoisotopic (exact) mass is 270 g/mol. The molecule has 1 aliphatic rings. The number of carbonyl (C=O) groups is 1. The summed E-state index contributed by atoms with van der Waals surface area (Å²) >= 11 is 0. The molecule has 0 heterocycles. The van der Waals surface area contributed by atoms with Gasteiger partial charge in [0.2, 0.25) is 0 Å². The predicted molar refractivity (Wildman–Crippen MR) is 81.4 cm³/mol. The van der Waals surface area contributed by atoms with E-state index in [1.807, 2.05) is 37.1 Å². The number of rotatable bonds is 3. The second-order valence-electron chi connectivity index (χ2n) is 5.53. The van der Waals surface area contributed by atoms with Gasteiger partial charge in [-0.25, -0.2) is 0 Å². The lowest BCUT2D eigenvalue weighted by Crippen LogP contribution is -2.36. The minimum atomic E-state index is 0.0696. The highest BCUT2D eigenvalue weighted by molar-refractivity contribution is 5.94. The highest BCUT2D eigenvalue weighted by Crippen LogP contribution is 2.35. The third-order valence-corrected chi connectivity index (χ3v) is 4.05. The van der Waals surface area contributed by atoms with Gasteiger partial charge in [-0.15, -0.1) is 0 Å². The molecule has 0 aliphatic heterocycles. The van der Waals surface area contributed by atoms with Gasteiger partial charge in [0.1, 0.15) is 0 Å². The van der Waals surface area contributed by atoms with Gasteiger partial charge in [0.25, 0.3) is 5.91 Å². The number of aryl methyl sites for hydroxylation is 1. The summed E-state index contributed by atoms with van der Waals surface area (Å²) < 4.78 is 0. The van der Waals surface area contributed by atoms with Crippen LogP contribution >= 0.6 is 0 Å². The van der Waals surface area contributed by atoms with Crippen molar-refractivity contribution in [2.75, 3.05) is 13.6 Å². The van der Waals surface area contributed by atoms with Crippen LogP contribution in [-0.4, -0.2) is 30.4 Å². The highest BCUT2D eigenvalue weighted by Gasteiger charge is 2.32. The fraction of sp³-hybridized carbons (Fsp3) is 0.471. The summed E-state index contributed by atoms with van der Waals surface area (Å²) in [4.78, 5) is 14.4. The summed E-state index contributed by atoms with van der Waals surface area (Å²) in [6, 6.07) is 6.00. The standard InChI is InChI=1S/C17H22N2O/c1-12-6-7-16(11-15(12)5-4-10-18)17(20)19(3)13(2)14-8-9-14/h6-7,11,13-14H,8-10,18H2,1-3H3. The van der Waals surface area contributed by atoms with E-state index in [0.717, 1.165) is 11.1 Å². The van der Waals surface area contributed by atoms with Crippen molar-refractivity contribution in [1.82, 2.24) is 4.90 Å². The van der Waals surface area contributed by atoms with E-state index in [9.17, 15) is 4.79 Å². The number of hydrogen-bond donors (Lipinski definition) is 1. The Morgan fingerprint density at radius 1 is 1.50 bits per heavy atom. The number of hydrogen-bond acceptors (Lipinski definition) is 2. The van der Waals surface area contributed by atoms with E-state index >= 15 is 0 Å². The number of benzene rings is 1. The summed E-state index contributed by atoms with van der Waals surface area (Å²) in [6.45, 7) is 4.44. The fourth-order valence-electron chi connectivity index (χ4n) is 2.32. The molecule has 1 saturated carbocycles. The van der Waals surface area contributed by atoms with Crippen LogP contribution < -0.4 is 5.73 Å². The van der Waals surface area contributed by atoms with Gasteiger partial charge in [-0.05, 0) is 50.3 Å². The second-order valence-corrected chi connectivity index (χ2v) is 5.53. The van der Waals surface area contributed by atoms with E-state index in [-0.39, 0.29) is 5.91 Å². The third-order valence-electron chi connectivity index (χ3n) is 4.05. The zero-order valence-electron chi connectivity index (χ0n) is 12.4. The molecule has 1 amide bonds. The number of carbonyl (C=O) groups excluding carboxylic acids is 1. The van der Waals surface area contributed by atoms with Crippen molar-refractivity contribution in [1.29, 1.82) is 0 Å². The van der Waals surface area contributed by atoms with Crippen LogP contribution in [-0.2, 0) is 0 Å². The average Bonchev–Trinajstić information content (AvgIpc) is 3.28. The Labute approximate surface area is 121 Å². The van der Waals surface area contributed by atoms with Gasteiger partial charge in [0.15, 0.2) is 0 Å². The lowest BCUT2D eigenvalue weighted by molar-refractivity contribution is 0.0727. The molecule has 0 saturated heterocycles. The van der Waals surface area contributed by atoms with Crippen LogP contribution in [0.5, 0.6) is 0 Å². The topological polar surface area (TPSA) is 46.3 Å². The van der Waals surface area contributed by atoms with Gasteiger partial charge in [0.05, 0.1) is 6.54 Å². The molecule has 1 aromatic rings. The van der Waals surface area contributed by atoms with Gasteiger partial charge < -0.3 is 10.6 Å². The SMILES string of the molecule is Cc1ccc(C(=O)N(C)C(C)C2CC2)cc1C#CCN. The van der Waals surface area contributed by atoms with Gasteiger partial charge >= 0.3 is 0 Å². The van der Waals surface area contributed by atoms with Crippen LogP contribution in [0.4, 0.5) is 0 Å². The Bertz CT molecular complexity index is 564. The van der Waals surface area contributed by atoms with E-state index in [4.69, 9.17) is 5.73 Å². The first kappa shape index (κ1) is 14.6. The Hall–Kier alpha value is -1.79. The predicted octanol–water partition coefficient (Wildman–Crippen LogP) is 2.18. The molecule has 3 nitrogen and oxygen atoms in total. The van der Waals surface area contributed by atoms with Crippen molar-refractivity contribution in [2.45, 2.75) is 32.7 Å². The first-order chi connectivity index (χ1) is 9.54. The van der Waals surface area contributed by atoms with Crippen molar-refractivity contribution in [3.8, 4) is 11.8 Å². The zero-order valence-corrected chi connectivity index (χ0v) is 12.4. The van der Waals surface area contributed by atoms with E-state index < -0.39 is 0 Å². The zero-order chi connectivity index (χ0) is 14.7. The number of nitrogens with zero attached hydrogens (tertiary/aromatic N) is 1. The molecule has 0 aromatic heterocycles. The smallest absolute Gasteiger partial charge is 0.253 e. The summed E-state index contributed by atoms with van der Waals surface area (Å²) in [5, 5.41) is 0. The first-order valence-corrected chi connectivity index (χ1v) is 7.11. The van der Waals surface area contributed by atoms with Crippen molar-refractivity contribution in [3.05, 3.63) is 34.9 Å². The van der Waals surface area contributed by atoms with E-state index in [1.54, 1.807) is 0 Å². The third kappa shape index (κ3) is 3.20. The maximum atomic E-state index is 12.5. The minimum Gasteiger partial charge on any atom is -0.339 e. The van der Waals surface area contributed by atoms with Crippen LogP contribution in [0.2, 0.25) is 0 Å². The van der Waals surface area contributed by atoms with Crippen LogP contribution in [0, 0.1) is 24.7 Å². The molecule has 1 fully saturated rings. The van der Waals surface area contributed by atoms with Gasteiger partial charge in [-0.3, -0.25) is 4.79 Å². The molecular weight excluding hydrogens is 248 g/mol.